The highest BCUT2D eigenvalue weighted by Gasteiger charge is 2.09. The third-order valence-electron chi connectivity index (χ3n) is 1.35. The summed E-state index contributed by atoms with van der Waals surface area (Å²) in [6, 6.07) is 2.97. The lowest BCUT2D eigenvalue weighted by Gasteiger charge is -2.03. The Morgan fingerprint density at radius 3 is 2.85 bits per heavy atom. The second-order valence-electron chi connectivity index (χ2n) is 2.23. The van der Waals surface area contributed by atoms with Crippen molar-refractivity contribution in [1.29, 1.82) is 0 Å². The normalized spacial score (nSPS) is 9.69. The molecule has 0 bridgehead atoms. The number of carboxylic acid groups (broad SMARTS) is 1. The Hall–Kier alpha value is -1.10. The molecule has 0 saturated heterocycles. The van der Waals surface area contributed by atoms with E-state index < -0.39 is 5.97 Å². The molecule has 0 amide bonds. The van der Waals surface area contributed by atoms with Gasteiger partial charge in [-0.05, 0) is 28.9 Å². The summed E-state index contributed by atoms with van der Waals surface area (Å²) in [6.07, 6.45) is 0. The molecule has 70 valence electrons. The number of hydrogen-bond acceptors (Lipinski definition) is 3. The van der Waals surface area contributed by atoms with Crippen LogP contribution in [0.5, 0.6) is 5.88 Å². The molecule has 0 unspecified atom stereocenters. The summed E-state index contributed by atoms with van der Waals surface area (Å²) in [5, 5.41) is 8.68. The minimum absolute atomic E-state index is 0.128. The van der Waals surface area contributed by atoms with Crippen LogP contribution in [0.15, 0.2) is 16.7 Å². The van der Waals surface area contributed by atoms with Crippen molar-refractivity contribution in [3.05, 3.63) is 22.3 Å². The minimum atomic E-state index is -1.01. The number of nitrogens with zero attached hydrogens (tertiary/aromatic N) is 1. The van der Waals surface area contributed by atoms with Crippen LogP contribution in [0.3, 0.4) is 0 Å². The van der Waals surface area contributed by atoms with Crippen molar-refractivity contribution >= 4 is 21.9 Å². The van der Waals surface area contributed by atoms with Gasteiger partial charge in [0, 0.05) is 6.07 Å². The number of aromatic carboxylic acids is 1. The van der Waals surface area contributed by atoms with E-state index in [1.807, 2.05) is 6.92 Å². The SMILES string of the molecule is CCOc1ccc(C(=O)O)c(Br)n1. The van der Waals surface area contributed by atoms with Gasteiger partial charge in [0.2, 0.25) is 5.88 Å². The molecule has 0 aliphatic heterocycles. The van der Waals surface area contributed by atoms with Crippen LogP contribution in [0.25, 0.3) is 0 Å². The van der Waals surface area contributed by atoms with Gasteiger partial charge in [0.15, 0.2) is 0 Å². The Kier molecular flexibility index (Phi) is 3.25. The average molecular weight is 246 g/mol. The number of carboxylic acids is 1. The molecular formula is C8H8BrNO3. The molecule has 0 fully saturated rings. The zero-order valence-corrected chi connectivity index (χ0v) is 8.54. The molecular weight excluding hydrogens is 238 g/mol. The molecule has 1 heterocycles. The maximum Gasteiger partial charge on any atom is 0.338 e. The van der Waals surface area contributed by atoms with E-state index in [-0.39, 0.29) is 10.2 Å². The highest BCUT2D eigenvalue weighted by atomic mass is 79.9. The third-order valence-corrected chi connectivity index (χ3v) is 1.95. The van der Waals surface area contributed by atoms with Crippen LogP contribution >= 0.6 is 15.9 Å². The molecule has 0 aliphatic rings. The van der Waals surface area contributed by atoms with Crippen molar-refractivity contribution in [2.24, 2.45) is 0 Å². The molecule has 0 atom stereocenters. The first-order valence-electron chi connectivity index (χ1n) is 3.67. The van der Waals surface area contributed by atoms with E-state index >= 15 is 0 Å². The fourth-order valence-electron chi connectivity index (χ4n) is 0.805. The standard InChI is InChI=1S/C8H8BrNO3/c1-2-13-6-4-3-5(8(11)12)7(9)10-6/h3-4H,2H2,1H3,(H,11,12). The number of carbonyl (C=O) groups is 1. The first-order valence-corrected chi connectivity index (χ1v) is 4.47. The molecule has 0 spiro atoms. The number of aromatic nitrogens is 1. The summed E-state index contributed by atoms with van der Waals surface area (Å²) in [5.74, 6) is -0.596. The van der Waals surface area contributed by atoms with Crippen molar-refractivity contribution in [3.63, 3.8) is 0 Å². The van der Waals surface area contributed by atoms with E-state index in [9.17, 15) is 4.79 Å². The van der Waals surface area contributed by atoms with E-state index in [1.54, 1.807) is 0 Å². The smallest absolute Gasteiger partial charge is 0.338 e. The molecule has 0 radical (unpaired) electrons. The minimum Gasteiger partial charge on any atom is -0.478 e. The van der Waals surface area contributed by atoms with Crippen molar-refractivity contribution < 1.29 is 14.6 Å². The zero-order valence-electron chi connectivity index (χ0n) is 6.95. The molecule has 1 N–H and O–H groups in total. The number of halogens is 1. The van der Waals surface area contributed by atoms with Gasteiger partial charge in [-0.3, -0.25) is 0 Å². The van der Waals surface area contributed by atoms with Gasteiger partial charge in [-0.15, -0.1) is 0 Å². The number of hydrogen-bond donors (Lipinski definition) is 1. The monoisotopic (exact) mass is 245 g/mol. The second kappa shape index (κ2) is 4.23. The van der Waals surface area contributed by atoms with Crippen LogP contribution in [0, 0.1) is 0 Å². The molecule has 1 aromatic heterocycles. The fraction of sp³-hybridized carbons (Fsp3) is 0.250. The van der Waals surface area contributed by atoms with Crippen LogP contribution in [0.1, 0.15) is 17.3 Å². The number of rotatable bonds is 3. The van der Waals surface area contributed by atoms with Crippen molar-refractivity contribution in [2.75, 3.05) is 6.61 Å². The quantitative estimate of drug-likeness (QED) is 0.828. The number of ether oxygens (including phenoxy) is 1. The molecule has 1 aromatic rings. The largest absolute Gasteiger partial charge is 0.478 e. The fourth-order valence-corrected chi connectivity index (χ4v) is 1.28. The van der Waals surface area contributed by atoms with Crippen molar-refractivity contribution in [2.45, 2.75) is 6.92 Å². The Morgan fingerprint density at radius 1 is 1.69 bits per heavy atom. The highest BCUT2D eigenvalue weighted by Crippen LogP contribution is 2.18. The summed E-state index contributed by atoms with van der Waals surface area (Å²) < 4.78 is 5.37. The maximum atomic E-state index is 10.6. The molecule has 0 aliphatic carbocycles. The maximum absolute atomic E-state index is 10.6. The molecule has 4 nitrogen and oxygen atoms in total. The van der Waals surface area contributed by atoms with E-state index in [4.69, 9.17) is 9.84 Å². The summed E-state index contributed by atoms with van der Waals surface area (Å²) in [5.41, 5.74) is 0.128. The van der Waals surface area contributed by atoms with Crippen LogP contribution in [-0.4, -0.2) is 22.7 Å². The molecule has 13 heavy (non-hydrogen) atoms. The molecule has 0 saturated carbocycles. The third kappa shape index (κ3) is 2.42. The first kappa shape index (κ1) is 9.98. The van der Waals surface area contributed by atoms with E-state index in [1.165, 1.54) is 12.1 Å². The Bertz CT molecular complexity index is 327. The van der Waals surface area contributed by atoms with Crippen LogP contribution in [0.4, 0.5) is 0 Å². The Morgan fingerprint density at radius 2 is 2.38 bits per heavy atom. The summed E-state index contributed by atoms with van der Waals surface area (Å²) in [6.45, 7) is 2.34. The van der Waals surface area contributed by atoms with E-state index in [2.05, 4.69) is 20.9 Å². The molecule has 1 rings (SSSR count). The first-order chi connectivity index (χ1) is 6.15. The average Bonchev–Trinajstić information content (AvgIpc) is 2.04. The lowest BCUT2D eigenvalue weighted by molar-refractivity contribution is 0.0695. The van der Waals surface area contributed by atoms with Gasteiger partial charge in [0.05, 0.1) is 12.2 Å². The zero-order chi connectivity index (χ0) is 9.84. The molecule has 5 heteroatoms. The summed E-state index contributed by atoms with van der Waals surface area (Å²) in [7, 11) is 0. The summed E-state index contributed by atoms with van der Waals surface area (Å²) >= 11 is 3.05. The van der Waals surface area contributed by atoms with Gasteiger partial charge in [-0.1, -0.05) is 0 Å². The van der Waals surface area contributed by atoms with Crippen LogP contribution in [0.2, 0.25) is 0 Å². The van der Waals surface area contributed by atoms with Crippen LogP contribution in [-0.2, 0) is 0 Å². The highest BCUT2D eigenvalue weighted by molar-refractivity contribution is 9.10. The van der Waals surface area contributed by atoms with Gasteiger partial charge >= 0.3 is 5.97 Å². The van der Waals surface area contributed by atoms with Crippen molar-refractivity contribution in [1.82, 2.24) is 4.98 Å². The predicted octanol–water partition coefficient (Wildman–Crippen LogP) is 1.94. The number of pyridine rings is 1. The topological polar surface area (TPSA) is 59.4 Å². The Balaban J connectivity index is 2.98. The van der Waals surface area contributed by atoms with Crippen LogP contribution < -0.4 is 4.74 Å². The molecule has 0 aromatic carbocycles. The van der Waals surface area contributed by atoms with Gasteiger partial charge < -0.3 is 9.84 Å². The summed E-state index contributed by atoms with van der Waals surface area (Å²) in [4.78, 5) is 14.5. The second-order valence-corrected chi connectivity index (χ2v) is 2.98. The predicted molar refractivity (Wildman–Crippen MR) is 50.1 cm³/mol. The lowest BCUT2D eigenvalue weighted by atomic mass is 10.3. The Labute approximate surface area is 83.7 Å². The van der Waals surface area contributed by atoms with E-state index in [0.717, 1.165) is 0 Å². The van der Waals surface area contributed by atoms with Gasteiger partial charge in [0.1, 0.15) is 4.60 Å². The van der Waals surface area contributed by atoms with Gasteiger partial charge in [0.25, 0.3) is 0 Å². The van der Waals surface area contributed by atoms with Crippen molar-refractivity contribution in [3.8, 4) is 5.88 Å². The van der Waals surface area contributed by atoms with E-state index in [0.29, 0.717) is 12.5 Å². The lowest BCUT2D eigenvalue weighted by Crippen LogP contribution is -2.01. The van der Waals surface area contributed by atoms with Gasteiger partial charge in [-0.25, -0.2) is 9.78 Å². The van der Waals surface area contributed by atoms with Gasteiger partial charge in [-0.2, -0.15) is 0 Å².